The number of thioether (sulfide) groups is 1. The van der Waals surface area contributed by atoms with Crippen LogP contribution in [0.1, 0.15) is 5.56 Å². The monoisotopic (exact) mass is 228 g/mol. The Morgan fingerprint density at radius 3 is 2.88 bits per heavy atom. The van der Waals surface area contributed by atoms with Crippen LogP contribution in [0.4, 0.5) is 0 Å². The molecular formula is C11H8N4S. The van der Waals surface area contributed by atoms with Crippen LogP contribution >= 0.6 is 11.8 Å². The second-order valence-corrected chi connectivity index (χ2v) is 3.71. The molecule has 0 bridgehead atoms. The molecule has 0 aliphatic carbocycles. The summed E-state index contributed by atoms with van der Waals surface area (Å²) in [5, 5.41) is 9.64. The van der Waals surface area contributed by atoms with Gasteiger partial charge in [0.05, 0.1) is 11.3 Å². The first-order valence-electron chi connectivity index (χ1n) is 4.57. The van der Waals surface area contributed by atoms with Crippen molar-refractivity contribution in [3.63, 3.8) is 0 Å². The maximum absolute atomic E-state index is 8.97. The van der Waals surface area contributed by atoms with E-state index in [0.29, 0.717) is 22.1 Å². The molecule has 2 aromatic heterocycles. The maximum Gasteiger partial charge on any atom is 0.187 e. The van der Waals surface area contributed by atoms with Gasteiger partial charge in [0.2, 0.25) is 0 Å². The van der Waals surface area contributed by atoms with Crippen molar-refractivity contribution < 1.29 is 0 Å². The average Bonchev–Trinajstić information content (AvgIpc) is 2.38. The molecular weight excluding hydrogens is 220 g/mol. The lowest BCUT2D eigenvalue weighted by Gasteiger charge is -2.02. The zero-order chi connectivity index (χ0) is 11.4. The van der Waals surface area contributed by atoms with E-state index in [2.05, 4.69) is 21.0 Å². The summed E-state index contributed by atoms with van der Waals surface area (Å²) in [6.45, 7) is 0. The Morgan fingerprint density at radius 2 is 2.12 bits per heavy atom. The van der Waals surface area contributed by atoms with Crippen LogP contribution in [0.15, 0.2) is 35.7 Å². The van der Waals surface area contributed by atoms with E-state index < -0.39 is 0 Å². The highest BCUT2D eigenvalue weighted by atomic mass is 32.2. The Morgan fingerprint density at radius 1 is 1.25 bits per heavy atom. The number of nitrogens with zero attached hydrogens (tertiary/aromatic N) is 4. The van der Waals surface area contributed by atoms with Gasteiger partial charge in [-0.25, -0.2) is 9.97 Å². The van der Waals surface area contributed by atoms with Gasteiger partial charge in [0, 0.05) is 12.4 Å². The van der Waals surface area contributed by atoms with Gasteiger partial charge in [-0.15, -0.1) is 0 Å². The topological polar surface area (TPSA) is 62.5 Å². The molecule has 0 spiro atoms. The second kappa shape index (κ2) is 4.73. The molecule has 5 heteroatoms. The smallest absolute Gasteiger partial charge is 0.187 e. The minimum Gasteiger partial charge on any atom is -0.253 e. The van der Waals surface area contributed by atoms with Crippen molar-refractivity contribution >= 4 is 11.8 Å². The molecule has 16 heavy (non-hydrogen) atoms. The van der Waals surface area contributed by atoms with E-state index in [1.54, 1.807) is 30.6 Å². The molecule has 78 valence electrons. The predicted octanol–water partition coefficient (Wildman–Crippen LogP) is 2.13. The van der Waals surface area contributed by atoms with Gasteiger partial charge in [-0.1, -0.05) is 11.8 Å². The maximum atomic E-state index is 8.97. The minimum absolute atomic E-state index is 0.522. The standard InChI is InChI=1S/C11H8N4S/c1-16-11-14-6-4-9(15-11)10-8(7-12)3-2-5-13-10/h2-6H,1H3. The molecule has 0 atom stereocenters. The number of rotatable bonds is 2. The summed E-state index contributed by atoms with van der Waals surface area (Å²) in [6.07, 6.45) is 5.23. The SMILES string of the molecule is CSc1nccc(-c2ncccc2C#N)n1. The second-order valence-electron chi connectivity index (χ2n) is 2.94. The number of aromatic nitrogens is 3. The molecule has 2 heterocycles. The first-order valence-corrected chi connectivity index (χ1v) is 5.80. The summed E-state index contributed by atoms with van der Waals surface area (Å²) in [5.74, 6) is 0. The van der Waals surface area contributed by atoms with Crippen LogP contribution in [0, 0.1) is 11.3 Å². The van der Waals surface area contributed by atoms with Gasteiger partial charge >= 0.3 is 0 Å². The first-order chi connectivity index (χ1) is 7.85. The molecule has 0 aromatic carbocycles. The molecule has 0 saturated carbocycles. The number of hydrogen-bond acceptors (Lipinski definition) is 5. The summed E-state index contributed by atoms with van der Waals surface area (Å²) < 4.78 is 0. The number of pyridine rings is 1. The molecule has 0 N–H and O–H groups in total. The van der Waals surface area contributed by atoms with Gasteiger partial charge in [-0.05, 0) is 24.5 Å². The molecule has 0 aliphatic rings. The van der Waals surface area contributed by atoms with Crippen molar-refractivity contribution in [3.8, 4) is 17.5 Å². The molecule has 2 rings (SSSR count). The Balaban J connectivity index is 2.55. The van der Waals surface area contributed by atoms with Crippen molar-refractivity contribution in [2.75, 3.05) is 6.26 Å². The third kappa shape index (κ3) is 2.02. The van der Waals surface area contributed by atoms with E-state index >= 15 is 0 Å². The summed E-state index contributed by atoms with van der Waals surface area (Å²) in [4.78, 5) is 12.6. The van der Waals surface area contributed by atoms with Crippen LogP contribution in [-0.4, -0.2) is 21.2 Å². The fourth-order valence-electron chi connectivity index (χ4n) is 1.27. The molecule has 0 fully saturated rings. The Bertz CT molecular complexity index is 548. The zero-order valence-corrected chi connectivity index (χ0v) is 9.40. The highest BCUT2D eigenvalue weighted by molar-refractivity contribution is 7.98. The fourth-order valence-corrected chi connectivity index (χ4v) is 1.63. The van der Waals surface area contributed by atoms with Crippen LogP contribution in [0.2, 0.25) is 0 Å². The predicted molar refractivity (Wildman–Crippen MR) is 61.8 cm³/mol. The third-order valence-electron chi connectivity index (χ3n) is 1.99. The fraction of sp³-hybridized carbons (Fsp3) is 0.0909. The van der Waals surface area contributed by atoms with Gasteiger partial charge in [-0.3, -0.25) is 4.98 Å². The lowest BCUT2D eigenvalue weighted by molar-refractivity contribution is 0.970. The zero-order valence-electron chi connectivity index (χ0n) is 8.58. The van der Waals surface area contributed by atoms with Crippen LogP contribution in [0.3, 0.4) is 0 Å². The molecule has 4 nitrogen and oxygen atoms in total. The van der Waals surface area contributed by atoms with Crippen molar-refractivity contribution in [2.24, 2.45) is 0 Å². The first kappa shape index (κ1) is 10.6. The van der Waals surface area contributed by atoms with Gasteiger partial charge in [-0.2, -0.15) is 5.26 Å². The third-order valence-corrected chi connectivity index (χ3v) is 2.55. The quantitative estimate of drug-likeness (QED) is 0.582. The minimum atomic E-state index is 0.522. The molecule has 0 radical (unpaired) electrons. The van der Waals surface area contributed by atoms with Gasteiger partial charge in [0.15, 0.2) is 5.16 Å². The van der Waals surface area contributed by atoms with Crippen molar-refractivity contribution in [2.45, 2.75) is 5.16 Å². The van der Waals surface area contributed by atoms with Gasteiger partial charge in [0.25, 0.3) is 0 Å². The van der Waals surface area contributed by atoms with Gasteiger partial charge in [0.1, 0.15) is 11.8 Å². The highest BCUT2D eigenvalue weighted by Gasteiger charge is 2.07. The molecule has 0 unspecified atom stereocenters. The van der Waals surface area contributed by atoms with Crippen molar-refractivity contribution in [3.05, 3.63) is 36.2 Å². The summed E-state index contributed by atoms with van der Waals surface area (Å²) >= 11 is 1.46. The van der Waals surface area contributed by atoms with E-state index in [1.807, 2.05) is 6.26 Å². The highest BCUT2D eigenvalue weighted by Crippen LogP contribution is 2.19. The summed E-state index contributed by atoms with van der Waals surface area (Å²) in [5.41, 5.74) is 1.80. The van der Waals surface area contributed by atoms with Crippen LogP contribution in [0.25, 0.3) is 11.4 Å². The average molecular weight is 228 g/mol. The Hall–Kier alpha value is -1.93. The van der Waals surface area contributed by atoms with Crippen molar-refractivity contribution in [1.29, 1.82) is 5.26 Å². The van der Waals surface area contributed by atoms with Crippen molar-refractivity contribution in [1.82, 2.24) is 15.0 Å². The lowest BCUT2D eigenvalue weighted by atomic mass is 10.1. The van der Waals surface area contributed by atoms with Gasteiger partial charge < -0.3 is 0 Å². The number of hydrogen-bond donors (Lipinski definition) is 0. The van der Waals surface area contributed by atoms with E-state index in [0.717, 1.165) is 0 Å². The van der Waals surface area contributed by atoms with E-state index in [9.17, 15) is 0 Å². The molecule has 0 saturated heterocycles. The van der Waals surface area contributed by atoms with Crippen LogP contribution < -0.4 is 0 Å². The largest absolute Gasteiger partial charge is 0.253 e. The van der Waals surface area contributed by atoms with E-state index in [1.165, 1.54) is 11.8 Å². The van der Waals surface area contributed by atoms with E-state index in [4.69, 9.17) is 5.26 Å². The summed E-state index contributed by atoms with van der Waals surface area (Å²) in [7, 11) is 0. The number of nitriles is 1. The molecule has 2 aromatic rings. The van der Waals surface area contributed by atoms with Crippen LogP contribution in [-0.2, 0) is 0 Å². The Kier molecular flexibility index (Phi) is 3.13. The summed E-state index contributed by atoms with van der Waals surface area (Å²) in [6, 6.07) is 7.31. The Labute approximate surface area is 97.4 Å². The normalized spacial score (nSPS) is 9.75. The molecule has 0 aliphatic heterocycles. The van der Waals surface area contributed by atoms with Crippen LogP contribution in [0.5, 0.6) is 0 Å². The van der Waals surface area contributed by atoms with E-state index in [-0.39, 0.29) is 0 Å². The lowest BCUT2D eigenvalue weighted by Crippen LogP contribution is -1.93. The molecule has 0 amide bonds.